The molecule has 1 atom stereocenters. The fourth-order valence-corrected chi connectivity index (χ4v) is 3.13. The number of ether oxygens (including phenoxy) is 1. The Bertz CT molecular complexity index is 1220. The number of nitrogens with two attached hydrogens (primary N) is 1. The van der Waals surface area contributed by atoms with Crippen molar-refractivity contribution in [2.45, 2.75) is 12.6 Å². The minimum Gasteiger partial charge on any atom is -0.465 e. The zero-order chi connectivity index (χ0) is 21.8. The highest BCUT2D eigenvalue weighted by molar-refractivity contribution is 5.98. The molecule has 0 saturated carbocycles. The number of nitrogen functional groups attached to an aromatic ring is 1. The number of hydrogen-bond donors (Lipinski definition) is 3. The summed E-state index contributed by atoms with van der Waals surface area (Å²) < 4.78 is 7.25. The molecule has 0 aliphatic heterocycles. The molecule has 0 aliphatic rings. The van der Waals surface area contributed by atoms with E-state index in [4.69, 9.17) is 15.6 Å². The van der Waals surface area contributed by atoms with Gasteiger partial charge in [0.25, 0.3) is 0 Å². The van der Waals surface area contributed by atoms with Gasteiger partial charge in [-0.3, -0.25) is 0 Å². The van der Waals surface area contributed by atoms with Gasteiger partial charge in [-0.2, -0.15) is 5.10 Å². The first-order valence-corrected chi connectivity index (χ1v) is 9.30. The Balaban J connectivity index is 1.69. The highest BCUT2D eigenvalue weighted by Crippen LogP contribution is 2.32. The third kappa shape index (κ3) is 4.27. The maximum absolute atomic E-state index is 11.3. The van der Waals surface area contributed by atoms with Gasteiger partial charge < -0.3 is 25.7 Å². The van der Waals surface area contributed by atoms with Crippen molar-refractivity contribution in [3.63, 3.8) is 0 Å². The Morgan fingerprint density at radius 3 is 2.52 bits per heavy atom. The molecule has 2 aromatic carbocycles. The van der Waals surface area contributed by atoms with E-state index < -0.39 is 12.1 Å². The van der Waals surface area contributed by atoms with Gasteiger partial charge >= 0.3 is 6.09 Å². The summed E-state index contributed by atoms with van der Waals surface area (Å²) in [5, 5.41) is 16.1. The van der Waals surface area contributed by atoms with Gasteiger partial charge in [-0.1, -0.05) is 18.2 Å². The number of nitrogens with zero attached hydrogens (tertiary/aromatic N) is 4. The maximum Gasteiger partial charge on any atom is 0.405 e. The number of carbonyl (C=O) groups excluding carboxylic acids is 1. The molecule has 4 rings (SSSR count). The van der Waals surface area contributed by atoms with Gasteiger partial charge in [-0.25, -0.2) is 19.4 Å². The summed E-state index contributed by atoms with van der Waals surface area (Å²) in [4.78, 5) is 30.4. The first-order chi connectivity index (χ1) is 15.0. The van der Waals surface area contributed by atoms with Crippen LogP contribution >= 0.6 is 0 Å². The predicted octanol–water partition coefficient (Wildman–Crippen LogP) is 2.70. The molecule has 0 spiro atoms. The van der Waals surface area contributed by atoms with E-state index in [-0.39, 0.29) is 12.4 Å². The van der Waals surface area contributed by atoms with E-state index in [1.165, 1.54) is 11.0 Å². The first-order valence-electron chi connectivity index (χ1n) is 9.30. The van der Waals surface area contributed by atoms with Crippen LogP contribution in [0.2, 0.25) is 0 Å². The van der Waals surface area contributed by atoms with Crippen molar-refractivity contribution in [1.82, 2.24) is 25.1 Å². The zero-order valence-electron chi connectivity index (χ0n) is 16.2. The van der Waals surface area contributed by atoms with Gasteiger partial charge in [-0.15, -0.1) is 0 Å². The van der Waals surface area contributed by atoms with Crippen molar-refractivity contribution in [2.24, 2.45) is 0 Å². The number of rotatable bonds is 7. The van der Waals surface area contributed by atoms with E-state index in [1.807, 2.05) is 42.5 Å². The van der Waals surface area contributed by atoms with Crippen molar-refractivity contribution in [3.05, 3.63) is 60.9 Å². The average molecular weight is 418 g/mol. The summed E-state index contributed by atoms with van der Waals surface area (Å²) >= 11 is 0. The van der Waals surface area contributed by atoms with Crippen molar-refractivity contribution < 1.29 is 19.4 Å². The number of fused-ring (bicyclic) bond motifs is 1. The molecule has 4 N–H and O–H groups in total. The van der Waals surface area contributed by atoms with Gasteiger partial charge in [0.15, 0.2) is 5.65 Å². The van der Waals surface area contributed by atoms with Crippen LogP contribution in [0, 0.1) is 0 Å². The number of aromatic nitrogens is 4. The Kier molecular flexibility index (Phi) is 5.43. The smallest absolute Gasteiger partial charge is 0.405 e. The number of aldehydes is 1. The van der Waals surface area contributed by atoms with E-state index in [9.17, 15) is 9.59 Å². The highest BCUT2D eigenvalue weighted by Gasteiger charge is 2.20. The molecule has 2 heterocycles. The number of anilines is 1. The summed E-state index contributed by atoms with van der Waals surface area (Å²) in [6, 6.07) is 15.6. The lowest BCUT2D eigenvalue weighted by Crippen LogP contribution is -2.38. The standard InChI is InChI=1S/C21H18N6O4/c22-19-17-18(13-6-8-16(9-7-13)31-15-4-2-1-3-5-15)26-27(20(17)24-12-23-19)10-14(11-28)25-21(29)30/h1-9,11-12,14,25H,10H2,(H,29,30)(H2,22,23,24)/t14-/m0/s1. The predicted molar refractivity (Wildman–Crippen MR) is 113 cm³/mol. The molecule has 10 heteroatoms. The molecule has 0 aliphatic carbocycles. The minimum atomic E-state index is -1.31. The third-order valence-corrected chi connectivity index (χ3v) is 4.51. The molecule has 0 bridgehead atoms. The van der Waals surface area contributed by atoms with Crippen LogP contribution in [-0.2, 0) is 11.3 Å². The molecule has 0 fully saturated rings. The molecule has 10 nitrogen and oxygen atoms in total. The molecule has 2 aromatic heterocycles. The second kappa shape index (κ2) is 8.49. The van der Waals surface area contributed by atoms with Gasteiger partial charge in [0, 0.05) is 5.56 Å². The van der Waals surface area contributed by atoms with Crippen LogP contribution in [0.5, 0.6) is 11.5 Å². The quantitative estimate of drug-likeness (QED) is 0.388. The molecule has 1 amide bonds. The lowest BCUT2D eigenvalue weighted by molar-refractivity contribution is -0.109. The lowest BCUT2D eigenvalue weighted by atomic mass is 10.1. The second-order valence-corrected chi connectivity index (χ2v) is 6.62. The first kappa shape index (κ1) is 19.8. The van der Waals surface area contributed by atoms with Crippen molar-refractivity contribution in [2.75, 3.05) is 5.73 Å². The van der Waals surface area contributed by atoms with Crippen LogP contribution in [0.15, 0.2) is 60.9 Å². The topological polar surface area (TPSA) is 145 Å². The fraction of sp³-hybridized carbons (Fsp3) is 0.0952. The number of hydrogen-bond acceptors (Lipinski definition) is 7. The normalized spacial score (nSPS) is 11.7. The van der Waals surface area contributed by atoms with Crippen LogP contribution in [0.25, 0.3) is 22.3 Å². The highest BCUT2D eigenvalue weighted by atomic mass is 16.5. The minimum absolute atomic E-state index is 0.0437. The van der Waals surface area contributed by atoms with E-state index in [0.717, 1.165) is 5.56 Å². The average Bonchev–Trinajstić information content (AvgIpc) is 3.14. The molecular weight excluding hydrogens is 400 g/mol. The Morgan fingerprint density at radius 1 is 1.13 bits per heavy atom. The van der Waals surface area contributed by atoms with E-state index in [2.05, 4.69) is 20.4 Å². The summed E-state index contributed by atoms with van der Waals surface area (Å²) in [6.07, 6.45) is 0.482. The molecule has 156 valence electrons. The largest absolute Gasteiger partial charge is 0.465 e. The number of nitrogens with one attached hydrogen (secondary N) is 1. The summed E-state index contributed by atoms with van der Waals surface area (Å²) in [6.45, 7) is -0.0437. The van der Waals surface area contributed by atoms with Crippen molar-refractivity contribution in [3.8, 4) is 22.8 Å². The second-order valence-electron chi connectivity index (χ2n) is 6.62. The zero-order valence-corrected chi connectivity index (χ0v) is 16.2. The number of amides is 1. The number of para-hydroxylation sites is 1. The molecule has 31 heavy (non-hydrogen) atoms. The monoisotopic (exact) mass is 418 g/mol. The van der Waals surface area contributed by atoms with E-state index >= 15 is 0 Å². The summed E-state index contributed by atoms with van der Waals surface area (Å²) in [7, 11) is 0. The molecule has 0 radical (unpaired) electrons. The summed E-state index contributed by atoms with van der Waals surface area (Å²) in [5.74, 6) is 1.59. The molecule has 4 aromatic rings. The van der Waals surface area contributed by atoms with E-state index in [0.29, 0.717) is 34.5 Å². The Hall–Kier alpha value is -4.47. The lowest BCUT2D eigenvalue weighted by Gasteiger charge is -2.10. The van der Waals surface area contributed by atoms with Crippen LogP contribution in [0.1, 0.15) is 0 Å². The van der Waals surface area contributed by atoms with Gasteiger partial charge in [0.2, 0.25) is 0 Å². The molecule has 0 unspecified atom stereocenters. The molecule has 0 saturated heterocycles. The van der Waals surface area contributed by atoms with Crippen LogP contribution in [0.3, 0.4) is 0 Å². The Labute approximate surface area is 176 Å². The maximum atomic E-state index is 11.3. The number of carboxylic acid groups (broad SMARTS) is 1. The van der Waals surface area contributed by atoms with Crippen molar-refractivity contribution >= 4 is 29.2 Å². The third-order valence-electron chi connectivity index (χ3n) is 4.51. The van der Waals surface area contributed by atoms with Crippen LogP contribution < -0.4 is 15.8 Å². The van der Waals surface area contributed by atoms with Crippen LogP contribution in [0.4, 0.5) is 10.6 Å². The fourth-order valence-electron chi connectivity index (χ4n) is 3.13. The SMILES string of the molecule is Nc1ncnc2c1c(-c1ccc(Oc3ccccc3)cc1)nn2C[C@@H](C=O)NC(=O)O. The van der Waals surface area contributed by atoms with Crippen LogP contribution in [-0.4, -0.2) is 43.3 Å². The van der Waals surface area contributed by atoms with E-state index in [1.54, 1.807) is 12.1 Å². The van der Waals surface area contributed by atoms with Crippen molar-refractivity contribution in [1.29, 1.82) is 0 Å². The van der Waals surface area contributed by atoms with Gasteiger partial charge in [0.1, 0.15) is 41.7 Å². The number of carbonyl (C=O) groups is 2. The Morgan fingerprint density at radius 2 is 1.84 bits per heavy atom. The van der Waals surface area contributed by atoms with Gasteiger partial charge in [0.05, 0.1) is 11.9 Å². The summed E-state index contributed by atoms with van der Waals surface area (Å²) in [5.41, 5.74) is 7.72. The molecular formula is C21H18N6O4. The van der Waals surface area contributed by atoms with Gasteiger partial charge in [-0.05, 0) is 36.4 Å². The number of benzene rings is 2.